The van der Waals surface area contributed by atoms with Crippen molar-refractivity contribution in [2.24, 2.45) is 0 Å². The zero-order chi connectivity index (χ0) is 17.4. The fourth-order valence-electron chi connectivity index (χ4n) is 2.87. The largest absolute Gasteiger partial charge is 0.461 e. The van der Waals surface area contributed by atoms with Crippen LogP contribution in [0.1, 0.15) is 34.5 Å². The molecule has 0 atom stereocenters. The van der Waals surface area contributed by atoms with Gasteiger partial charge in [0.15, 0.2) is 5.78 Å². The number of carbonyl (C=O) groups is 1. The van der Waals surface area contributed by atoms with Crippen molar-refractivity contribution in [3.8, 4) is 11.5 Å². The predicted octanol–water partition coefficient (Wildman–Crippen LogP) is 5.19. The molecule has 0 fully saturated rings. The van der Waals surface area contributed by atoms with Crippen LogP contribution in [-0.4, -0.2) is 10.8 Å². The van der Waals surface area contributed by atoms with Crippen LogP contribution in [0.5, 0.6) is 0 Å². The summed E-state index contributed by atoms with van der Waals surface area (Å²) in [6.07, 6.45) is 0.548. The lowest BCUT2D eigenvalue weighted by Gasteiger charge is -1.93. The van der Waals surface area contributed by atoms with Gasteiger partial charge in [-0.1, -0.05) is 18.2 Å². The Morgan fingerprint density at radius 2 is 1.84 bits per heavy atom. The van der Waals surface area contributed by atoms with E-state index in [9.17, 15) is 4.79 Å². The second-order valence-corrected chi connectivity index (χ2v) is 6.09. The Morgan fingerprint density at radius 3 is 2.60 bits per heavy atom. The number of oxazole rings is 1. The Hall–Kier alpha value is -3.14. The maximum Gasteiger partial charge on any atom is 0.226 e. The summed E-state index contributed by atoms with van der Waals surface area (Å²) in [5.74, 6) is 2.24. The van der Waals surface area contributed by atoms with Gasteiger partial charge in [0.1, 0.15) is 17.1 Å². The molecule has 4 heteroatoms. The fourth-order valence-corrected chi connectivity index (χ4v) is 2.87. The number of benzene rings is 2. The van der Waals surface area contributed by atoms with Crippen LogP contribution in [0.2, 0.25) is 0 Å². The third kappa shape index (κ3) is 2.98. The molecule has 0 aliphatic carbocycles. The highest BCUT2D eigenvalue weighted by Gasteiger charge is 2.14. The van der Waals surface area contributed by atoms with Crippen molar-refractivity contribution in [2.75, 3.05) is 0 Å². The lowest BCUT2D eigenvalue weighted by atomic mass is 10.1. The number of ketones is 1. The van der Waals surface area contributed by atoms with E-state index >= 15 is 0 Å². The number of carbonyl (C=O) groups excluding carboxylic acids is 1. The molecule has 25 heavy (non-hydrogen) atoms. The number of hydrogen-bond acceptors (Lipinski definition) is 4. The zero-order valence-corrected chi connectivity index (χ0v) is 14.1. The first kappa shape index (κ1) is 15.4. The molecule has 124 valence electrons. The second kappa shape index (κ2) is 6.06. The van der Waals surface area contributed by atoms with Crippen LogP contribution in [0.25, 0.3) is 22.4 Å². The lowest BCUT2D eigenvalue weighted by Crippen LogP contribution is -1.89. The molecule has 0 saturated carbocycles. The first-order valence-electron chi connectivity index (χ1n) is 8.15. The maximum atomic E-state index is 11.5. The predicted molar refractivity (Wildman–Crippen MR) is 95.7 cm³/mol. The summed E-state index contributed by atoms with van der Waals surface area (Å²) < 4.78 is 11.7. The van der Waals surface area contributed by atoms with Gasteiger partial charge in [0.25, 0.3) is 0 Å². The smallest absolute Gasteiger partial charge is 0.226 e. The van der Waals surface area contributed by atoms with Crippen molar-refractivity contribution in [1.82, 2.24) is 4.98 Å². The molecule has 0 aliphatic rings. The molecule has 0 unspecified atom stereocenters. The average Bonchev–Trinajstić information content (AvgIpc) is 3.18. The third-order valence-corrected chi connectivity index (χ3v) is 4.23. The van der Waals surface area contributed by atoms with Crippen molar-refractivity contribution < 1.29 is 13.6 Å². The molecule has 0 N–H and O–H groups in total. The highest BCUT2D eigenvalue weighted by atomic mass is 16.4. The van der Waals surface area contributed by atoms with Gasteiger partial charge in [0.05, 0.1) is 12.1 Å². The summed E-state index contributed by atoms with van der Waals surface area (Å²) in [7, 11) is 0. The molecule has 0 aliphatic heterocycles. The van der Waals surface area contributed by atoms with E-state index in [4.69, 9.17) is 8.83 Å². The zero-order valence-electron chi connectivity index (χ0n) is 14.1. The van der Waals surface area contributed by atoms with E-state index in [1.54, 1.807) is 13.0 Å². The van der Waals surface area contributed by atoms with Crippen LogP contribution in [0.15, 0.2) is 63.4 Å². The molecule has 4 rings (SSSR count). The molecule has 4 nitrogen and oxygen atoms in total. The van der Waals surface area contributed by atoms with Gasteiger partial charge in [-0.25, -0.2) is 4.98 Å². The van der Waals surface area contributed by atoms with E-state index in [-0.39, 0.29) is 5.78 Å². The van der Waals surface area contributed by atoms with Gasteiger partial charge in [-0.05, 0) is 50.2 Å². The van der Waals surface area contributed by atoms with Crippen LogP contribution < -0.4 is 0 Å². The van der Waals surface area contributed by atoms with Crippen LogP contribution in [0.4, 0.5) is 0 Å². The molecular formula is C21H17NO3. The molecule has 2 aromatic carbocycles. The van der Waals surface area contributed by atoms with Gasteiger partial charge in [-0.15, -0.1) is 0 Å². The van der Waals surface area contributed by atoms with Gasteiger partial charge in [-0.2, -0.15) is 0 Å². The van der Waals surface area contributed by atoms with Crippen LogP contribution in [-0.2, 0) is 6.42 Å². The highest BCUT2D eigenvalue weighted by molar-refractivity contribution is 5.97. The Morgan fingerprint density at radius 1 is 1.04 bits per heavy atom. The number of fused-ring (bicyclic) bond motifs is 1. The minimum absolute atomic E-state index is 0.0458. The number of aromatic nitrogens is 1. The number of aryl methyl sites for hydroxylation is 1. The van der Waals surface area contributed by atoms with Gasteiger partial charge in [0, 0.05) is 16.5 Å². The summed E-state index contributed by atoms with van der Waals surface area (Å²) in [6, 6.07) is 17.3. The Balaban J connectivity index is 1.65. The Bertz CT molecular complexity index is 1060. The van der Waals surface area contributed by atoms with Crippen LogP contribution in [0, 0.1) is 6.92 Å². The first-order valence-corrected chi connectivity index (χ1v) is 8.15. The minimum Gasteiger partial charge on any atom is -0.461 e. The minimum atomic E-state index is 0.0458. The Kier molecular flexibility index (Phi) is 3.73. The van der Waals surface area contributed by atoms with Gasteiger partial charge in [0.2, 0.25) is 5.89 Å². The molecule has 0 bridgehead atoms. The van der Waals surface area contributed by atoms with E-state index in [1.165, 1.54) is 0 Å². The summed E-state index contributed by atoms with van der Waals surface area (Å²) in [4.78, 5) is 16.1. The number of nitrogens with zero attached hydrogens (tertiary/aromatic N) is 1. The molecule has 4 aromatic rings. The molecule has 0 radical (unpaired) electrons. The van der Waals surface area contributed by atoms with E-state index in [1.807, 2.05) is 55.5 Å². The SMILES string of the molecule is CC(=O)c1ccc2oc(Cc3nc(-c4ccccc4)oc3C)cc2c1. The van der Waals surface area contributed by atoms with E-state index < -0.39 is 0 Å². The molecule has 2 aromatic heterocycles. The lowest BCUT2D eigenvalue weighted by molar-refractivity contribution is 0.101. The summed E-state index contributed by atoms with van der Waals surface area (Å²) in [6.45, 7) is 3.47. The van der Waals surface area contributed by atoms with Crippen LogP contribution in [0.3, 0.4) is 0 Å². The highest BCUT2D eigenvalue weighted by Crippen LogP contribution is 2.26. The standard InChI is InChI=1S/C21H17NO3/c1-13(23)16-8-9-20-17(10-16)11-18(25-20)12-19-14(2)24-21(22-19)15-6-4-3-5-7-15/h3-11H,12H2,1-2H3. The molecule has 0 spiro atoms. The normalized spacial score (nSPS) is 11.1. The summed E-state index contributed by atoms with van der Waals surface area (Å²) >= 11 is 0. The van der Waals surface area contributed by atoms with Crippen molar-refractivity contribution in [2.45, 2.75) is 20.3 Å². The number of rotatable bonds is 4. The average molecular weight is 331 g/mol. The second-order valence-electron chi connectivity index (χ2n) is 6.09. The van der Waals surface area contributed by atoms with Crippen molar-refractivity contribution in [3.63, 3.8) is 0 Å². The third-order valence-electron chi connectivity index (χ3n) is 4.23. The monoisotopic (exact) mass is 331 g/mol. The summed E-state index contributed by atoms with van der Waals surface area (Å²) in [5.41, 5.74) is 3.26. The van der Waals surface area contributed by atoms with E-state index in [2.05, 4.69) is 4.98 Å². The van der Waals surface area contributed by atoms with Crippen LogP contribution >= 0.6 is 0 Å². The molecule has 0 saturated heterocycles. The maximum absolute atomic E-state index is 11.5. The fraction of sp³-hybridized carbons (Fsp3) is 0.143. The van der Waals surface area contributed by atoms with Crippen molar-refractivity contribution >= 4 is 16.8 Å². The topological polar surface area (TPSA) is 56.2 Å². The Labute approximate surface area is 145 Å². The molecular weight excluding hydrogens is 314 g/mol. The number of hydrogen-bond donors (Lipinski definition) is 0. The molecule has 2 heterocycles. The van der Waals surface area contributed by atoms with Crippen molar-refractivity contribution in [1.29, 1.82) is 0 Å². The number of furan rings is 1. The van der Waals surface area contributed by atoms with E-state index in [0.29, 0.717) is 17.9 Å². The molecule has 0 amide bonds. The summed E-state index contributed by atoms with van der Waals surface area (Å²) in [5, 5.41) is 0.923. The van der Waals surface area contributed by atoms with Gasteiger partial charge < -0.3 is 8.83 Å². The van der Waals surface area contributed by atoms with E-state index in [0.717, 1.165) is 33.7 Å². The first-order chi connectivity index (χ1) is 12.1. The number of Topliss-reactive ketones (excluding diaryl/α,β-unsaturated/α-hetero) is 1. The van der Waals surface area contributed by atoms with Gasteiger partial charge in [-0.3, -0.25) is 4.79 Å². The quantitative estimate of drug-likeness (QED) is 0.483. The van der Waals surface area contributed by atoms with Gasteiger partial charge >= 0.3 is 0 Å². The van der Waals surface area contributed by atoms with Crippen molar-refractivity contribution in [3.05, 3.63) is 77.4 Å².